The maximum absolute atomic E-state index is 12.0. The normalized spacial score (nSPS) is 10.6. The van der Waals surface area contributed by atoms with Crippen LogP contribution in [0.1, 0.15) is 28.9 Å². The Morgan fingerprint density at radius 3 is 2.73 bits per heavy atom. The lowest BCUT2D eigenvalue weighted by Gasteiger charge is -2.00. The first kappa shape index (κ1) is 14.1. The van der Waals surface area contributed by atoms with Crippen LogP contribution in [0.2, 0.25) is 0 Å². The second-order valence-electron chi connectivity index (χ2n) is 4.91. The van der Waals surface area contributed by atoms with E-state index in [1.54, 1.807) is 6.07 Å². The minimum Gasteiger partial charge on any atom is -0.354 e. The first-order valence-corrected chi connectivity index (χ1v) is 7.19. The van der Waals surface area contributed by atoms with Gasteiger partial charge in [-0.2, -0.15) is 5.10 Å². The third-order valence-corrected chi connectivity index (χ3v) is 3.35. The van der Waals surface area contributed by atoms with Gasteiger partial charge in [0.25, 0.3) is 5.91 Å². The molecule has 6 nitrogen and oxygen atoms in total. The lowest BCUT2D eigenvalue weighted by atomic mass is 10.2. The Morgan fingerprint density at radius 1 is 1.18 bits per heavy atom. The fourth-order valence-corrected chi connectivity index (χ4v) is 2.13. The topological polar surface area (TPSA) is 86.5 Å². The zero-order valence-electron chi connectivity index (χ0n) is 12.3. The molecule has 1 amide bonds. The summed E-state index contributed by atoms with van der Waals surface area (Å²) in [5.74, 6) is 1.09. The van der Waals surface area contributed by atoms with Gasteiger partial charge in [-0.25, -0.2) is 4.98 Å². The summed E-state index contributed by atoms with van der Waals surface area (Å²) in [5, 5.41) is 9.81. The number of rotatable bonds is 5. The average molecular weight is 295 g/mol. The molecule has 0 aliphatic rings. The second-order valence-corrected chi connectivity index (χ2v) is 4.91. The van der Waals surface area contributed by atoms with E-state index in [9.17, 15) is 4.79 Å². The third kappa shape index (κ3) is 3.06. The van der Waals surface area contributed by atoms with Crippen LogP contribution in [0.4, 0.5) is 0 Å². The van der Waals surface area contributed by atoms with Crippen molar-refractivity contribution in [3.05, 3.63) is 59.7 Å². The van der Waals surface area contributed by atoms with E-state index >= 15 is 0 Å². The van der Waals surface area contributed by atoms with Crippen LogP contribution in [0, 0.1) is 0 Å². The van der Waals surface area contributed by atoms with Crippen molar-refractivity contribution in [3.8, 4) is 11.4 Å². The molecule has 6 heteroatoms. The highest BCUT2D eigenvalue weighted by Gasteiger charge is 2.10. The Balaban J connectivity index is 1.62. The number of carbonyl (C=O) groups is 1. The van der Waals surface area contributed by atoms with Crippen molar-refractivity contribution in [2.75, 3.05) is 0 Å². The maximum Gasteiger partial charge on any atom is 0.268 e. The molecule has 2 aromatic heterocycles. The molecular weight excluding hydrogens is 278 g/mol. The molecule has 0 saturated heterocycles. The van der Waals surface area contributed by atoms with Crippen LogP contribution in [-0.4, -0.2) is 26.1 Å². The van der Waals surface area contributed by atoms with Crippen LogP contribution in [0.5, 0.6) is 0 Å². The highest BCUT2D eigenvalue weighted by molar-refractivity contribution is 5.92. The highest BCUT2D eigenvalue weighted by atomic mass is 16.1. The van der Waals surface area contributed by atoms with Crippen molar-refractivity contribution in [3.63, 3.8) is 0 Å². The van der Waals surface area contributed by atoms with Gasteiger partial charge in [-0.3, -0.25) is 9.89 Å². The number of nitrogens with one attached hydrogen (secondary N) is 3. The molecule has 112 valence electrons. The fraction of sp³-hybridized carbons (Fsp3) is 0.188. The Hall–Kier alpha value is -2.89. The number of hydrogen-bond donors (Lipinski definition) is 3. The van der Waals surface area contributed by atoms with Gasteiger partial charge in [0, 0.05) is 11.3 Å². The number of aromatic nitrogens is 4. The number of aromatic amines is 2. The predicted molar refractivity (Wildman–Crippen MR) is 83.2 cm³/mol. The summed E-state index contributed by atoms with van der Waals surface area (Å²) in [7, 11) is 0. The predicted octanol–water partition coefficient (Wildman–Crippen LogP) is 2.29. The van der Waals surface area contributed by atoms with Gasteiger partial charge in [-0.1, -0.05) is 37.3 Å². The van der Waals surface area contributed by atoms with Gasteiger partial charge >= 0.3 is 0 Å². The molecule has 3 N–H and O–H groups in total. The van der Waals surface area contributed by atoms with Crippen LogP contribution in [0.15, 0.2) is 42.5 Å². The van der Waals surface area contributed by atoms with Crippen molar-refractivity contribution in [1.29, 1.82) is 0 Å². The van der Waals surface area contributed by atoms with E-state index in [1.807, 2.05) is 43.3 Å². The summed E-state index contributed by atoms with van der Waals surface area (Å²) in [6.07, 6.45) is 0.871. The number of hydrogen-bond acceptors (Lipinski definition) is 3. The minimum absolute atomic E-state index is 0.155. The van der Waals surface area contributed by atoms with E-state index in [0.717, 1.165) is 17.7 Å². The van der Waals surface area contributed by atoms with Gasteiger partial charge < -0.3 is 10.3 Å². The minimum atomic E-state index is -0.155. The Kier molecular flexibility index (Phi) is 4.00. The van der Waals surface area contributed by atoms with Crippen molar-refractivity contribution in [1.82, 2.24) is 25.5 Å². The van der Waals surface area contributed by atoms with E-state index in [-0.39, 0.29) is 5.91 Å². The van der Waals surface area contributed by atoms with Gasteiger partial charge in [-0.05, 0) is 18.6 Å². The summed E-state index contributed by atoms with van der Waals surface area (Å²) in [6.45, 7) is 2.34. The Morgan fingerprint density at radius 2 is 2.00 bits per heavy atom. The number of benzene rings is 1. The van der Waals surface area contributed by atoms with Gasteiger partial charge in [0.15, 0.2) is 5.82 Å². The monoisotopic (exact) mass is 295 g/mol. The van der Waals surface area contributed by atoms with Crippen LogP contribution < -0.4 is 5.32 Å². The summed E-state index contributed by atoms with van der Waals surface area (Å²) in [4.78, 5) is 19.5. The molecule has 0 radical (unpaired) electrons. The molecular formula is C16H17N5O. The number of H-pyrrole nitrogens is 2. The van der Waals surface area contributed by atoms with Crippen LogP contribution >= 0.6 is 0 Å². The van der Waals surface area contributed by atoms with Crippen molar-refractivity contribution in [2.24, 2.45) is 0 Å². The van der Waals surface area contributed by atoms with Crippen LogP contribution in [0.3, 0.4) is 0 Å². The number of nitrogens with zero attached hydrogens (tertiary/aromatic N) is 2. The number of aryl methyl sites for hydroxylation is 1. The fourth-order valence-electron chi connectivity index (χ4n) is 2.13. The Labute approximate surface area is 128 Å². The molecule has 0 bridgehead atoms. The zero-order chi connectivity index (χ0) is 15.4. The SMILES string of the molecule is CCc1ccc(C(=O)NCc2nc(-c3ccccc3)n[nH]2)[nH]1. The Bertz CT molecular complexity index is 760. The van der Waals surface area contributed by atoms with Gasteiger partial charge in [0.1, 0.15) is 11.5 Å². The largest absolute Gasteiger partial charge is 0.354 e. The van der Waals surface area contributed by atoms with E-state index in [0.29, 0.717) is 23.9 Å². The van der Waals surface area contributed by atoms with Crippen molar-refractivity contribution in [2.45, 2.75) is 19.9 Å². The lowest BCUT2D eigenvalue weighted by molar-refractivity contribution is 0.0945. The zero-order valence-corrected chi connectivity index (χ0v) is 12.3. The summed E-state index contributed by atoms with van der Waals surface area (Å²) in [5.41, 5.74) is 2.53. The smallest absolute Gasteiger partial charge is 0.268 e. The molecule has 1 aromatic carbocycles. The molecule has 0 saturated carbocycles. The molecule has 3 rings (SSSR count). The summed E-state index contributed by atoms with van der Waals surface area (Å²) < 4.78 is 0. The molecule has 0 aliphatic heterocycles. The molecule has 0 aliphatic carbocycles. The first-order valence-electron chi connectivity index (χ1n) is 7.19. The molecule has 0 spiro atoms. The molecule has 2 heterocycles. The van der Waals surface area contributed by atoms with E-state index < -0.39 is 0 Å². The van der Waals surface area contributed by atoms with E-state index in [4.69, 9.17) is 0 Å². The van der Waals surface area contributed by atoms with Crippen molar-refractivity contribution < 1.29 is 4.79 Å². The molecule has 0 atom stereocenters. The van der Waals surface area contributed by atoms with Gasteiger partial charge in [0.05, 0.1) is 6.54 Å². The lowest BCUT2D eigenvalue weighted by Crippen LogP contribution is -2.23. The maximum atomic E-state index is 12.0. The second kappa shape index (κ2) is 6.26. The summed E-state index contributed by atoms with van der Waals surface area (Å²) in [6, 6.07) is 13.4. The average Bonchev–Trinajstić information content (AvgIpc) is 3.22. The highest BCUT2D eigenvalue weighted by Crippen LogP contribution is 2.13. The standard InChI is InChI=1S/C16H17N5O/c1-2-12-8-9-13(18-12)16(22)17-10-14-19-15(21-20-14)11-6-4-3-5-7-11/h3-9,18H,2,10H2,1H3,(H,17,22)(H,19,20,21). The van der Waals surface area contributed by atoms with Gasteiger partial charge in [-0.15, -0.1) is 0 Å². The molecule has 0 unspecified atom stereocenters. The van der Waals surface area contributed by atoms with Gasteiger partial charge in [0.2, 0.25) is 0 Å². The third-order valence-electron chi connectivity index (χ3n) is 3.35. The quantitative estimate of drug-likeness (QED) is 0.675. The van der Waals surface area contributed by atoms with Crippen molar-refractivity contribution >= 4 is 5.91 Å². The summed E-state index contributed by atoms with van der Waals surface area (Å²) >= 11 is 0. The van der Waals surface area contributed by atoms with E-state index in [1.165, 1.54) is 0 Å². The van der Waals surface area contributed by atoms with E-state index in [2.05, 4.69) is 25.5 Å². The number of carbonyl (C=O) groups excluding carboxylic acids is 1. The van der Waals surface area contributed by atoms with Crippen LogP contribution in [0.25, 0.3) is 11.4 Å². The van der Waals surface area contributed by atoms with Crippen LogP contribution in [-0.2, 0) is 13.0 Å². The first-order chi connectivity index (χ1) is 10.8. The number of amides is 1. The molecule has 3 aromatic rings. The molecule has 22 heavy (non-hydrogen) atoms. The molecule has 0 fully saturated rings.